The average molecular weight is 578 g/mol. The summed E-state index contributed by atoms with van der Waals surface area (Å²) in [4.78, 5) is 17.4. The van der Waals surface area contributed by atoms with Crippen LogP contribution in [-0.2, 0) is 14.4 Å². The van der Waals surface area contributed by atoms with Gasteiger partial charge in [-0.2, -0.15) is 0 Å². The van der Waals surface area contributed by atoms with Crippen LogP contribution in [0.2, 0.25) is 5.02 Å². The molecule has 2 rings (SSSR count). The van der Waals surface area contributed by atoms with E-state index in [1.54, 1.807) is 18.2 Å². The second kappa shape index (κ2) is 10.1. The van der Waals surface area contributed by atoms with Gasteiger partial charge in [0.15, 0.2) is 0 Å². The normalized spacial score (nSPS) is 16.1. The zero-order chi connectivity index (χ0) is 20.0. The molecule has 148 valence electrons. The van der Waals surface area contributed by atoms with Gasteiger partial charge < -0.3 is 10.1 Å². The lowest BCUT2D eigenvalue weighted by atomic mass is 9.99. The van der Waals surface area contributed by atoms with Crippen LogP contribution in [0.25, 0.3) is 0 Å². The van der Waals surface area contributed by atoms with Crippen LogP contribution < -0.4 is 10.8 Å². The highest BCUT2D eigenvalue weighted by Crippen LogP contribution is 2.41. The third-order valence-electron chi connectivity index (χ3n) is 3.50. The van der Waals surface area contributed by atoms with Crippen molar-refractivity contribution in [3.05, 3.63) is 48.6 Å². The maximum absolute atomic E-state index is 14.1. The Kier molecular flexibility index (Phi) is 8.47. The van der Waals surface area contributed by atoms with Gasteiger partial charge in [0.05, 0.1) is 40.4 Å². The lowest BCUT2D eigenvalue weighted by molar-refractivity contribution is -0.130. The number of carbonyl (C=O) groups is 1. The number of anilines is 1. The van der Waals surface area contributed by atoms with E-state index in [0.717, 1.165) is 9.65 Å². The first-order valence-electron chi connectivity index (χ1n) is 7.95. The number of carbonyl (C=O) groups excluding carboxylic acids is 1. The molecule has 0 aromatic heterocycles. The molecule has 0 radical (unpaired) electrons. The van der Waals surface area contributed by atoms with E-state index in [4.69, 9.17) is 21.2 Å². The Hall–Kier alpha value is -0.750. The molecule has 1 aromatic rings. The molecule has 0 saturated carbocycles. The minimum atomic E-state index is -3.14. The van der Waals surface area contributed by atoms with Crippen LogP contribution in [-0.4, -0.2) is 31.7 Å². The van der Waals surface area contributed by atoms with E-state index in [1.807, 2.05) is 6.92 Å². The Balaban J connectivity index is 2.22. The fourth-order valence-electron chi connectivity index (χ4n) is 2.21. The van der Waals surface area contributed by atoms with E-state index < -0.39 is 18.3 Å². The van der Waals surface area contributed by atoms with E-state index >= 15 is 0 Å². The standard InChI is InChI=1S/C17H17BrClF2IN2O3/c1-2-26-5-6-27-24-16(25)11-8-15(18)17(20,21)9-14(11)23-13-4-3-10(22)7-12(13)19/h3-4,7-8,23H,2,5-6,9H2,1H3,(H,24,25). The minimum absolute atomic E-state index is 0.0267. The number of hydroxylamine groups is 1. The van der Waals surface area contributed by atoms with Gasteiger partial charge >= 0.3 is 0 Å². The summed E-state index contributed by atoms with van der Waals surface area (Å²) in [6.45, 7) is 2.80. The molecule has 0 atom stereocenters. The predicted octanol–water partition coefficient (Wildman–Crippen LogP) is 5.01. The third-order valence-corrected chi connectivity index (χ3v) is 5.30. The van der Waals surface area contributed by atoms with Crippen molar-refractivity contribution < 1.29 is 23.1 Å². The van der Waals surface area contributed by atoms with Crippen LogP contribution >= 0.6 is 50.1 Å². The van der Waals surface area contributed by atoms with E-state index in [2.05, 4.69) is 49.3 Å². The molecule has 1 aromatic carbocycles. The number of halogens is 5. The van der Waals surface area contributed by atoms with Gasteiger partial charge in [-0.25, -0.2) is 14.3 Å². The number of benzene rings is 1. The molecule has 0 heterocycles. The largest absolute Gasteiger partial charge is 0.379 e. The van der Waals surface area contributed by atoms with Crippen LogP contribution in [0.4, 0.5) is 14.5 Å². The van der Waals surface area contributed by atoms with Crippen LogP contribution in [0.15, 0.2) is 40.0 Å². The molecular weight excluding hydrogens is 560 g/mol. The summed E-state index contributed by atoms with van der Waals surface area (Å²) in [5.74, 6) is -3.79. The van der Waals surface area contributed by atoms with Gasteiger partial charge in [-0.1, -0.05) is 11.6 Å². The smallest absolute Gasteiger partial charge is 0.284 e. The van der Waals surface area contributed by atoms with Gasteiger partial charge in [-0.05, 0) is 69.7 Å². The first-order valence-corrected chi connectivity index (χ1v) is 10.2. The van der Waals surface area contributed by atoms with Crippen molar-refractivity contribution in [1.82, 2.24) is 5.48 Å². The highest BCUT2D eigenvalue weighted by Gasteiger charge is 2.39. The summed E-state index contributed by atoms with van der Waals surface area (Å²) in [6.07, 6.45) is 0.391. The molecular formula is C17H17BrClF2IN2O3. The van der Waals surface area contributed by atoms with Crippen LogP contribution in [0, 0.1) is 3.57 Å². The maximum atomic E-state index is 14.1. The quantitative estimate of drug-likeness (QED) is 0.259. The van der Waals surface area contributed by atoms with Gasteiger partial charge in [-0.3, -0.25) is 9.63 Å². The van der Waals surface area contributed by atoms with E-state index in [0.29, 0.717) is 23.9 Å². The van der Waals surface area contributed by atoms with Crippen molar-refractivity contribution in [3.63, 3.8) is 0 Å². The Morgan fingerprint density at radius 2 is 2.15 bits per heavy atom. The number of hydrogen-bond acceptors (Lipinski definition) is 4. The van der Waals surface area contributed by atoms with Crippen molar-refractivity contribution in [2.24, 2.45) is 0 Å². The summed E-state index contributed by atoms with van der Waals surface area (Å²) in [5.41, 5.74) is 2.73. The highest BCUT2D eigenvalue weighted by molar-refractivity contribution is 14.1. The van der Waals surface area contributed by atoms with Crippen molar-refractivity contribution in [3.8, 4) is 0 Å². The second-order valence-corrected chi connectivity index (χ2v) is 8.00. The van der Waals surface area contributed by atoms with Crippen molar-refractivity contribution in [2.75, 3.05) is 25.1 Å². The SMILES string of the molecule is CCOCCONC(=O)C1=C(Nc2ccc(I)cc2Cl)CC(F)(F)C(Br)=C1. The number of amides is 1. The lowest BCUT2D eigenvalue weighted by Crippen LogP contribution is -2.32. The number of nitrogens with one attached hydrogen (secondary N) is 2. The summed E-state index contributed by atoms with van der Waals surface area (Å²) < 4.78 is 33.9. The topological polar surface area (TPSA) is 59.6 Å². The van der Waals surface area contributed by atoms with Gasteiger partial charge in [-0.15, -0.1) is 0 Å². The second-order valence-electron chi connectivity index (χ2n) is 5.49. The van der Waals surface area contributed by atoms with Crippen molar-refractivity contribution >= 4 is 61.7 Å². The van der Waals surface area contributed by atoms with Gasteiger partial charge in [0.25, 0.3) is 11.8 Å². The van der Waals surface area contributed by atoms with E-state index in [1.165, 1.54) is 0 Å². The first kappa shape index (κ1) is 22.5. The van der Waals surface area contributed by atoms with Gasteiger partial charge in [0.2, 0.25) is 0 Å². The molecule has 0 saturated heterocycles. The zero-order valence-electron chi connectivity index (χ0n) is 14.3. The molecule has 27 heavy (non-hydrogen) atoms. The fraction of sp³-hybridized carbons (Fsp3) is 0.353. The Bertz CT molecular complexity index is 775. The maximum Gasteiger partial charge on any atom is 0.284 e. The molecule has 0 aliphatic heterocycles. The Labute approximate surface area is 182 Å². The molecule has 5 nitrogen and oxygen atoms in total. The van der Waals surface area contributed by atoms with Crippen LogP contribution in [0.1, 0.15) is 13.3 Å². The van der Waals surface area contributed by atoms with Gasteiger partial charge in [0.1, 0.15) is 0 Å². The lowest BCUT2D eigenvalue weighted by Gasteiger charge is -2.26. The summed E-state index contributed by atoms with van der Waals surface area (Å²) in [5, 5.41) is 3.21. The number of ether oxygens (including phenoxy) is 1. The molecule has 1 amide bonds. The summed E-state index contributed by atoms with van der Waals surface area (Å²) >= 11 is 11.1. The molecule has 0 unspecified atom stereocenters. The number of rotatable bonds is 8. The van der Waals surface area contributed by atoms with E-state index in [9.17, 15) is 13.6 Å². The number of allylic oxidation sites excluding steroid dienone is 2. The number of hydrogen-bond donors (Lipinski definition) is 2. The fourth-order valence-corrected chi connectivity index (χ4v) is 3.48. The molecule has 0 bridgehead atoms. The third kappa shape index (κ3) is 6.38. The number of alkyl halides is 2. The molecule has 0 fully saturated rings. The summed E-state index contributed by atoms with van der Waals surface area (Å²) in [7, 11) is 0. The Morgan fingerprint density at radius 3 is 2.81 bits per heavy atom. The predicted molar refractivity (Wildman–Crippen MR) is 112 cm³/mol. The highest BCUT2D eigenvalue weighted by atomic mass is 127. The minimum Gasteiger partial charge on any atom is -0.379 e. The first-order chi connectivity index (χ1) is 12.7. The van der Waals surface area contributed by atoms with Crippen LogP contribution in [0.3, 0.4) is 0 Å². The molecule has 1 aliphatic rings. The van der Waals surface area contributed by atoms with E-state index in [-0.39, 0.29) is 22.4 Å². The van der Waals surface area contributed by atoms with Crippen molar-refractivity contribution in [1.29, 1.82) is 0 Å². The molecule has 1 aliphatic carbocycles. The summed E-state index contributed by atoms with van der Waals surface area (Å²) in [6, 6.07) is 5.13. The molecule has 0 spiro atoms. The molecule has 2 N–H and O–H groups in total. The Morgan fingerprint density at radius 1 is 1.41 bits per heavy atom. The van der Waals surface area contributed by atoms with Crippen molar-refractivity contribution in [2.45, 2.75) is 19.3 Å². The average Bonchev–Trinajstić information content (AvgIpc) is 2.59. The van der Waals surface area contributed by atoms with Crippen LogP contribution in [0.5, 0.6) is 0 Å². The zero-order valence-corrected chi connectivity index (χ0v) is 18.8. The van der Waals surface area contributed by atoms with Gasteiger partial charge in [0, 0.05) is 15.9 Å². The molecule has 10 heteroatoms. The monoisotopic (exact) mass is 576 g/mol.